The molecule has 7 heteroatoms. The highest BCUT2D eigenvalue weighted by molar-refractivity contribution is 7.16. The molecule has 0 aliphatic carbocycles. The number of aryl methyl sites for hydroxylation is 1. The summed E-state index contributed by atoms with van der Waals surface area (Å²) in [6.45, 7) is 2.11. The summed E-state index contributed by atoms with van der Waals surface area (Å²) in [7, 11) is 3.25. The lowest BCUT2D eigenvalue weighted by atomic mass is 10.1. The maximum atomic E-state index is 12.4. The Morgan fingerprint density at radius 3 is 2.59 bits per heavy atom. The van der Waals surface area contributed by atoms with Gasteiger partial charge in [0.15, 0.2) is 5.13 Å². The molecule has 0 saturated heterocycles. The number of rotatable bonds is 7. The zero-order valence-electron chi connectivity index (χ0n) is 15.5. The van der Waals surface area contributed by atoms with Gasteiger partial charge in [-0.25, -0.2) is 4.98 Å². The van der Waals surface area contributed by atoms with Crippen LogP contribution in [0.3, 0.4) is 0 Å². The topological polar surface area (TPSA) is 73.3 Å². The molecular formula is C20H21N3O3S. The summed E-state index contributed by atoms with van der Waals surface area (Å²) in [5.74, 6) is 1.23. The Morgan fingerprint density at radius 2 is 1.93 bits per heavy atom. The number of ether oxygens (including phenoxy) is 2. The minimum Gasteiger partial charge on any atom is -0.497 e. The van der Waals surface area contributed by atoms with Crippen molar-refractivity contribution >= 4 is 22.4 Å². The summed E-state index contributed by atoms with van der Waals surface area (Å²) in [6.07, 6.45) is 5.01. The number of benzene rings is 1. The van der Waals surface area contributed by atoms with Gasteiger partial charge in [-0.3, -0.25) is 15.1 Å². The van der Waals surface area contributed by atoms with Crippen LogP contribution in [0.2, 0.25) is 0 Å². The van der Waals surface area contributed by atoms with E-state index in [2.05, 4.69) is 22.2 Å². The molecule has 140 valence electrons. The first kappa shape index (κ1) is 18.8. The third-order valence-electron chi connectivity index (χ3n) is 4.00. The molecule has 0 fully saturated rings. The van der Waals surface area contributed by atoms with E-state index in [1.165, 1.54) is 11.3 Å². The second kappa shape index (κ2) is 8.64. The molecule has 0 atom stereocenters. The van der Waals surface area contributed by atoms with Crippen LogP contribution in [-0.4, -0.2) is 30.1 Å². The monoisotopic (exact) mass is 383 g/mol. The quantitative estimate of drug-likeness (QED) is 0.653. The number of hydrogen-bond acceptors (Lipinski definition) is 6. The molecular weight excluding hydrogens is 362 g/mol. The summed E-state index contributed by atoms with van der Waals surface area (Å²) in [4.78, 5) is 22.1. The summed E-state index contributed by atoms with van der Waals surface area (Å²) >= 11 is 1.48. The van der Waals surface area contributed by atoms with E-state index < -0.39 is 0 Å². The predicted octanol–water partition coefficient (Wildman–Crippen LogP) is 4.43. The molecule has 2 heterocycles. The van der Waals surface area contributed by atoms with Crippen molar-refractivity contribution in [3.05, 3.63) is 53.2 Å². The molecule has 6 nitrogen and oxygen atoms in total. The summed E-state index contributed by atoms with van der Waals surface area (Å²) in [6, 6.07) is 8.95. The average Bonchev–Trinajstić information content (AvgIpc) is 3.10. The second-order valence-corrected chi connectivity index (χ2v) is 6.88. The van der Waals surface area contributed by atoms with Gasteiger partial charge in [0.1, 0.15) is 11.5 Å². The fourth-order valence-corrected chi connectivity index (χ4v) is 3.76. The summed E-state index contributed by atoms with van der Waals surface area (Å²) in [5.41, 5.74) is 2.20. The van der Waals surface area contributed by atoms with Crippen LogP contribution in [0.5, 0.6) is 11.5 Å². The van der Waals surface area contributed by atoms with Crippen LogP contribution in [0.4, 0.5) is 5.13 Å². The molecule has 1 aromatic carbocycles. The number of carbonyl (C=O) groups is 1. The first-order valence-corrected chi connectivity index (χ1v) is 9.41. The van der Waals surface area contributed by atoms with Crippen LogP contribution in [0.1, 0.15) is 28.6 Å². The van der Waals surface area contributed by atoms with Crippen LogP contribution in [-0.2, 0) is 6.42 Å². The van der Waals surface area contributed by atoms with Crippen molar-refractivity contribution in [1.29, 1.82) is 0 Å². The number of aromatic nitrogens is 2. The van der Waals surface area contributed by atoms with E-state index in [-0.39, 0.29) is 5.91 Å². The van der Waals surface area contributed by atoms with Gasteiger partial charge in [-0.2, -0.15) is 0 Å². The van der Waals surface area contributed by atoms with Gasteiger partial charge in [0, 0.05) is 28.4 Å². The van der Waals surface area contributed by atoms with E-state index in [4.69, 9.17) is 9.47 Å². The fourth-order valence-electron chi connectivity index (χ4n) is 2.68. The molecule has 0 aliphatic rings. The summed E-state index contributed by atoms with van der Waals surface area (Å²) in [5, 5.41) is 3.44. The van der Waals surface area contributed by atoms with Crippen molar-refractivity contribution in [2.45, 2.75) is 19.8 Å². The van der Waals surface area contributed by atoms with Gasteiger partial charge in [0.2, 0.25) is 0 Å². The third kappa shape index (κ3) is 4.25. The van der Waals surface area contributed by atoms with Crippen molar-refractivity contribution in [1.82, 2.24) is 9.97 Å². The van der Waals surface area contributed by atoms with Gasteiger partial charge in [-0.05, 0) is 36.8 Å². The maximum Gasteiger partial charge on any atom is 0.257 e. The molecule has 0 unspecified atom stereocenters. The van der Waals surface area contributed by atoms with E-state index in [0.29, 0.717) is 16.4 Å². The minimum absolute atomic E-state index is 0.210. The number of nitrogens with one attached hydrogen (secondary N) is 1. The van der Waals surface area contributed by atoms with Gasteiger partial charge in [0.25, 0.3) is 5.91 Å². The molecule has 0 bridgehead atoms. The second-order valence-electron chi connectivity index (χ2n) is 5.80. The van der Waals surface area contributed by atoms with E-state index in [1.807, 2.05) is 18.2 Å². The number of hydrogen-bond donors (Lipinski definition) is 1. The minimum atomic E-state index is -0.210. The molecule has 0 saturated carbocycles. The van der Waals surface area contributed by atoms with Crippen molar-refractivity contribution in [3.63, 3.8) is 0 Å². The number of anilines is 1. The normalized spacial score (nSPS) is 10.5. The summed E-state index contributed by atoms with van der Waals surface area (Å²) < 4.78 is 10.9. The van der Waals surface area contributed by atoms with E-state index in [0.717, 1.165) is 34.7 Å². The number of amides is 1. The van der Waals surface area contributed by atoms with Gasteiger partial charge in [-0.1, -0.05) is 13.3 Å². The van der Waals surface area contributed by atoms with Gasteiger partial charge >= 0.3 is 0 Å². The lowest BCUT2D eigenvalue weighted by Crippen LogP contribution is -2.11. The van der Waals surface area contributed by atoms with E-state index >= 15 is 0 Å². The lowest BCUT2D eigenvalue weighted by Gasteiger charge is -2.10. The van der Waals surface area contributed by atoms with Crippen molar-refractivity contribution < 1.29 is 14.3 Å². The highest BCUT2D eigenvalue weighted by atomic mass is 32.1. The Morgan fingerprint density at radius 1 is 1.15 bits per heavy atom. The zero-order valence-corrected chi connectivity index (χ0v) is 16.3. The predicted molar refractivity (Wildman–Crippen MR) is 107 cm³/mol. The Balaban J connectivity index is 1.98. The van der Waals surface area contributed by atoms with E-state index in [9.17, 15) is 4.79 Å². The Kier molecular flexibility index (Phi) is 6.03. The van der Waals surface area contributed by atoms with Crippen molar-refractivity contribution in [2.24, 2.45) is 0 Å². The fraction of sp³-hybridized carbons (Fsp3) is 0.250. The Bertz CT molecular complexity index is 925. The molecule has 0 spiro atoms. The molecule has 1 N–H and O–H groups in total. The number of thiazole rings is 1. The van der Waals surface area contributed by atoms with Gasteiger partial charge in [0.05, 0.1) is 19.9 Å². The maximum absolute atomic E-state index is 12.4. The van der Waals surface area contributed by atoms with Crippen LogP contribution >= 0.6 is 11.3 Å². The van der Waals surface area contributed by atoms with Crippen LogP contribution < -0.4 is 14.8 Å². The lowest BCUT2D eigenvalue weighted by molar-refractivity contribution is 0.102. The number of carbonyl (C=O) groups excluding carboxylic acids is 1. The molecule has 27 heavy (non-hydrogen) atoms. The van der Waals surface area contributed by atoms with Crippen LogP contribution in [0, 0.1) is 0 Å². The third-order valence-corrected chi connectivity index (χ3v) is 5.03. The average molecular weight is 383 g/mol. The van der Waals surface area contributed by atoms with Crippen molar-refractivity contribution in [2.75, 3.05) is 19.5 Å². The molecule has 1 amide bonds. The number of methoxy groups -OCH3 is 2. The Labute approximate surface area is 162 Å². The van der Waals surface area contributed by atoms with E-state index in [1.54, 1.807) is 38.7 Å². The largest absolute Gasteiger partial charge is 0.497 e. The molecule has 0 radical (unpaired) electrons. The Hall–Kier alpha value is -2.93. The first-order valence-electron chi connectivity index (χ1n) is 8.59. The molecule has 0 aliphatic heterocycles. The molecule has 2 aromatic heterocycles. The molecule has 3 aromatic rings. The van der Waals surface area contributed by atoms with Crippen molar-refractivity contribution in [3.8, 4) is 22.8 Å². The smallest absolute Gasteiger partial charge is 0.257 e. The SMILES string of the molecule is CCCc1sc(NC(=O)c2ccncc2)nc1-c1cc(OC)ccc1OC. The number of nitrogens with zero attached hydrogens (tertiary/aromatic N) is 2. The van der Waals surface area contributed by atoms with Gasteiger partial charge in [-0.15, -0.1) is 11.3 Å². The highest BCUT2D eigenvalue weighted by Crippen LogP contribution is 2.39. The molecule has 3 rings (SSSR count). The number of pyridine rings is 1. The highest BCUT2D eigenvalue weighted by Gasteiger charge is 2.18. The van der Waals surface area contributed by atoms with Gasteiger partial charge < -0.3 is 9.47 Å². The van der Waals surface area contributed by atoms with Crippen LogP contribution in [0.25, 0.3) is 11.3 Å². The van der Waals surface area contributed by atoms with Crippen LogP contribution in [0.15, 0.2) is 42.7 Å². The standard InChI is InChI=1S/C20H21N3O3S/c1-4-5-17-18(15-12-14(25-2)6-7-16(15)26-3)22-20(27-17)23-19(24)13-8-10-21-11-9-13/h6-12H,4-5H2,1-3H3,(H,22,23,24). The zero-order chi connectivity index (χ0) is 19.2. The first-order chi connectivity index (χ1) is 13.2.